The second-order valence-corrected chi connectivity index (χ2v) is 6.22. The first-order valence-corrected chi connectivity index (χ1v) is 7.89. The Bertz CT molecular complexity index is 486. The molecule has 1 fully saturated rings. The molecule has 1 aromatic rings. The number of carbonyl (C=O) groups excluding carboxylic acids is 1. The van der Waals surface area contributed by atoms with Crippen LogP contribution in [-0.2, 0) is 6.42 Å². The molecular weight excluding hydrogens is 311 g/mol. The summed E-state index contributed by atoms with van der Waals surface area (Å²) in [6.07, 6.45) is 2.60. The molecule has 2 rings (SSSR count). The van der Waals surface area contributed by atoms with E-state index in [-0.39, 0.29) is 24.7 Å². The van der Waals surface area contributed by atoms with Gasteiger partial charge in [-0.15, -0.1) is 0 Å². The van der Waals surface area contributed by atoms with Gasteiger partial charge in [0.1, 0.15) is 0 Å². The number of hydrogen-bond donors (Lipinski definition) is 2. The number of amides is 2. The molecular formula is C15H20Cl2N2O2. The summed E-state index contributed by atoms with van der Waals surface area (Å²) in [6, 6.07) is 5.43. The Balaban J connectivity index is 1.94. The first-order chi connectivity index (χ1) is 10.0. The minimum absolute atomic E-state index is 0.0192. The molecule has 2 N–H and O–H groups in total. The summed E-state index contributed by atoms with van der Waals surface area (Å²) in [7, 11) is 0. The summed E-state index contributed by atoms with van der Waals surface area (Å²) in [5, 5.41) is 13.2. The fourth-order valence-electron chi connectivity index (χ4n) is 2.32. The maximum atomic E-state index is 12.2. The molecule has 0 spiro atoms. The highest BCUT2D eigenvalue weighted by Gasteiger charge is 2.32. The number of hydrogen-bond acceptors (Lipinski definition) is 2. The van der Waals surface area contributed by atoms with E-state index in [2.05, 4.69) is 5.32 Å². The molecule has 1 aliphatic carbocycles. The van der Waals surface area contributed by atoms with Crippen LogP contribution in [0.2, 0.25) is 10.0 Å². The molecule has 116 valence electrons. The summed E-state index contributed by atoms with van der Waals surface area (Å²) >= 11 is 12.3. The monoisotopic (exact) mass is 330 g/mol. The summed E-state index contributed by atoms with van der Waals surface area (Å²) < 4.78 is 0. The summed E-state index contributed by atoms with van der Waals surface area (Å²) in [4.78, 5) is 13.9. The molecule has 21 heavy (non-hydrogen) atoms. The van der Waals surface area contributed by atoms with E-state index in [1.165, 1.54) is 0 Å². The Morgan fingerprint density at radius 1 is 1.43 bits per heavy atom. The molecule has 0 bridgehead atoms. The number of rotatable bonds is 6. The maximum absolute atomic E-state index is 12.2. The van der Waals surface area contributed by atoms with Crippen molar-refractivity contribution in [2.45, 2.75) is 38.3 Å². The van der Waals surface area contributed by atoms with Crippen molar-refractivity contribution in [3.05, 3.63) is 33.8 Å². The minimum atomic E-state index is -0.137. The van der Waals surface area contributed by atoms with Gasteiger partial charge in [-0.25, -0.2) is 4.79 Å². The molecule has 0 saturated heterocycles. The van der Waals surface area contributed by atoms with Crippen LogP contribution in [0.1, 0.15) is 25.3 Å². The largest absolute Gasteiger partial charge is 0.395 e. The Hall–Kier alpha value is -0.970. The zero-order valence-electron chi connectivity index (χ0n) is 12.0. The van der Waals surface area contributed by atoms with Crippen molar-refractivity contribution in [3.63, 3.8) is 0 Å². The Labute approximate surface area is 135 Å². The molecule has 2 amide bonds. The fourth-order valence-corrected chi connectivity index (χ4v) is 2.87. The van der Waals surface area contributed by atoms with E-state index in [0.717, 1.165) is 18.4 Å². The molecule has 0 radical (unpaired) electrons. The standard InChI is InChI=1S/C15H20Cl2N2O2/c1-10(9-12-13(16)3-2-4-14(12)17)18-15(21)19(7-8-20)11-5-6-11/h2-4,10-11,20H,5-9H2,1H3,(H,18,21). The minimum Gasteiger partial charge on any atom is -0.395 e. The Kier molecular flexibility index (Phi) is 5.73. The van der Waals surface area contributed by atoms with Gasteiger partial charge in [-0.3, -0.25) is 0 Å². The predicted molar refractivity (Wildman–Crippen MR) is 85.0 cm³/mol. The normalized spacial score (nSPS) is 15.6. The van der Waals surface area contributed by atoms with Crippen molar-refractivity contribution in [1.82, 2.24) is 10.2 Å². The molecule has 1 aliphatic rings. The molecule has 1 unspecified atom stereocenters. The van der Waals surface area contributed by atoms with Crippen LogP contribution in [0, 0.1) is 0 Å². The van der Waals surface area contributed by atoms with Gasteiger partial charge in [0.15, 0.2) is 0 Å². The van der Waals surface area contributed by atoms with Crippen molar-refractivity contribution in [2.75, 3.05) is 13.2 Å². The topological polar surface area (TPSA) is 52.6 Å². The second-order valence-electron chi connectivity index (χ2n) is 5.40. The first-order valence-electron chi connectivity index (χ1n) is 7.13. The quantitative estimate of drug-likeness (QED) is 0.842. The lowest BCUT2D eigenvalue weighted by Gasteiger charge is -2.24. The number of aliphatic hydroxyl groups is 1. The van der Waals surface area contributed by atoms with Crippen molar-refractivity contribution in [3.8, 4) is 0 Å². The number of urea groups is 1. The van der Waals surface area contributed by atoms with E-state index >= 15 is 0 Å². The van der Waals surface area contributed by atoms with Crippen LogP contribution in [0.25, 0.3) is 0 Å². The third-order valence-electron chi connectivity index (χ3n) is 3.53. The second kappa shape index (κ2) is 7.34. The van der Waals surface area contributed by atoms with Crippen LogP contribution in [0.3, 0.4) is 0 Å². The van der Waals surface area contributed by atoms with Crippen LogP contribution in [0.15, 0.2) is 18.2 Å². The van der Waals surface area contributed by atoms with E-state index in [1.807, 2.05) is 6.92 Å². The third-order valence-corrected chi connectivity index (χ3v) is 4.24. The number of aliphatic hydroxyl groups excluding tert-OH is 1. The molecule has 1 aromatic carbocycles. The van der Waals surface area contributed by atoms with Crippen molar-refractivity contribution < 1.29 is 9.90 Å². The van der Waals surface area contributed by atoms with E-state index < -0.39 is 0 Å². The first kappa shape index (κ1) is 16.4. The van der Waals surface area contributed by atoms with E-state index in [1.54, 1.807) is 23.1 Å². The number of halogens is 2. The lowest BCUT2D eigenvalue weighted by molar-refractivity contribution is 0.171. The van der Waals surface area contributed by atoms with Crippen LogP contribution in [0.4, 0.5) is 4.79 Å². The maximum Gasteiger partial charge on any atom is 0.317 e. The van der Waals surface area contributed by atoms with Crippen LogP contribution < -0.4 is 5.32 Å². The van der Waals surface area contributed by atoms with Gasteiger partial charge in [0.05, 0.1) is 6.61 Å². The highest BCUT2D eigenvalue weighted by atomic mass is 35.5. The molecule has 1 atom stereocenters. The number of benzene rings is 1. The average molecular weight is 331 g/mol. The summed E-state index contributed by atoms with van der Waals surface area (Å²) in [6.45, 7) is 2.27. The predicted octanol–water partition coefficient (Wildman–Crippen LogP) is 3.09. The molecule has 4 nitrogen and oxygen atoms in total. The molecule has 0 heterocycles. The van der Waals surface area contributed by atoms with Gasteiger partial charge >= 0.3 is 6.03 Å². The van der Waals surface area contributed by atoms with Gasteiger partial charge in [0, 0.05) is 28.7 Å². The van der Waals surface area contributed by atoms with Crippen molar-refractivity contribution in [2.24, 2.45) is 0 Å². The lowest BCUT2D eigenvalue weighted by atomic mass is 10.1. The van der Waals surface area contributed by atoms with Gasteiger partial charge < -0.3 is 15.3 Å². The SMILES string of the molecule is CC(Cc1c(Cl)cccc1Cl)NC(=O)N(CCO)C1CC1. The zero-order valence-corrected chi connectivity index (χ0v) is 13.5. The molecule has 6 heteroatoms. The van der Waals surface area contributed by atoms with Gasteiger partial charge in [-0.2, -0.15) is 0 Å². The number of carbonyl (C=O) groups is 1. The van der Waals surface area contributed by atoms with Crippen LogP contribution in [0.5, 0.6) is 0 Å². The van der Waals surface area contributed by atoms with Crippen molar-refractivity contribution >= 4 is 29.2 Å². The smallest absolute Gasteiger partial charge is 0.317 e. The molecule has 0 aromatic heterocycles. The van der Waals surface area contributed by atoms with Gasteiger partial charge in [0.2, 0.25) is 0 Å². The average Bonchev–Trinajstić information content (AvgIpc) is 3.24. The van der Waals surface area contributed by atoms with Crippen LogP contribution in [-0.4, -0.2) is 41.3 Å². The van der Waals surface area contributed by atoms with Gasteiger partial charge in [-0.1, -0.05) is 29.3 Å². The van der Waals surface area contributed by atoms with E-state index in [4.69, 9.17) is 28.3 Å². The highest BCUT2D eigenvalue weighted by molar-refractivity contribution is 6.36. The molecule has 1 saturated carbocycles. The fraction of sp³-hybridized carbons (Fsp3) is 0.533. The molecule has 0 aliphatic heterocycles. The number of nitrogens with zero attached hydrogens (tertiary/aromatic N) is 1. The van der Waals surface area contributed by atoms with Crippen LogP contribution >= 0.6 is 23.2 Å². The number of nitrogens with one attached hydrogen (secondary N) is 1. The summed E-state index contributed by atoms with van der Waals surface area (Å²) in [5.74, 6) is 0. The van der Waals surface area contributed by atoms with Gasteiger partial charge in [0.25, 0.3) is 0 Å². The highest BCUT2D eigenvalue weighted by Crippen LogP contribution is 2.27. The lowest BCUT2D eigenvalue weighted by Crippen LogP contribution is -2.46. The van der Waals surface area contributed by atoms with E-state index in [0.29, 0.717) is 23.0 Å². The van der Waals surface area contributed by atoms with Gasteiger partial charge in [-0.05, 0) is 43.9 Å². The summed E-state index contributed by atoms with van der Waals surface area (Å²) in [5.41, 5.74) is 0.841. The Morgan fingerprint density at radius 2 is 2.05 bits per heavy atom. The van der Waals surface area contributed by atoms with E-state index in [9.17, 15) is 4.79 Å². The van der Waals surface area contributed by atoms with Crippen molar-refractivity contribution in [1.29, 1.82) is 0 Å². The Morgan fingerprint density at radius 3 is 2.57 bits per heavy atom. The zero-order chi connectivity index (χ0) is 15.4. The third kappa shape index (κ3) is 4.50.